The van der Waals surface area contributed by atoms with E-state index in [1.54, 1.807) is 0 Å². The Morgan fingerprint density at radius 2 is 0.843 bits per heavy atom. The first-order valence-corrected chi connectivity index (χ1v) is 19.1. The average molecular weight is 662 g/mol. The van der Waals surface area contributed by atoms with E-state index in [0.29, 0.717) is 5.41 Å². The minimum absolute atomic E-state index is 0.357. The molecule has 2 atom stereocenters. The Hall–Kier alpha value is -5.28. The summed E-state index contributed by atoms with van der Waals surface area (Å²) < 4.78 is 7.67. The van der Waals surface area contributed by atoms with E-state index >= 15 is 0 Å². The predicted octanol–water partition coefficient (Wildman–Crippen LogP) is 12.8. The van der Waals surface area contributed by atoms with Gasteiger partial charge in [-0.15, -0.1) is 0 Å². The monoisotopic (exact) mass is 661 g/mol. The Morgan fingerprint density at radius 3 is 1.25 bits per heavy atom. The van der Waals surface area contributed by atoms with Crippen molar-refractivity contribution in [2.75, 3.05) is 0 Å². The van der Waals surface area contributed by atoms with Crippen LogP contribution in [-0.4, -0.2) is 13.7 Å². The molecule has 2 fully saturated rings. The van der Waals surface area contributed by atoms with Crippen molar-refractivity contribution in [1.82, 2.24) is 13.7 Å². The average Bonchev–Trinajstić information content (AvgIpc) is 3.76. The summed E-state index contributed by atoms with van der Waals surface area (Å²) in [4.78, 5) is 0. The molecule has 11 rings (SSSR count). The lowest BCUT2D eigenvalue weighted by Gasteiger charge is -2.50. The lowest BCUT2D eigenvalue weighted by Crippen LogP contribution is -2.41. The van der Waals surface area contributed by atoms with Crippen LogP contribution in [0, 0.1) is 23.2 Å². The van der Waals surface area contributed by atoms with Gasteiger partial charge in [0.15, 0.2) is 0 Å². The summed E-state index contributed by atoms with van der Waals surface area (Å²) in [7, 11) is 0. The molecule has 2 aliphatic carbocycles. The molecule has 0 saturated heterocycles. The molecule has 2 bridgehead atoms. The van der Waals surface area contributed by atoms with Crippen LogP contribution in [0.15, 0.2) is 133 Å². The van der Waals surface area contributed by atoms with Crippen LogP contribution < -0.4 is 0 Å². The molecule has 3 aromatic heterocycles. The Bertz CT molecular complexity index is 2530. The first kappa shape index (κ1) is 29.5. The first-order chi connectivity index (χ1) is 25.0. The summed E-state index contributed by atoms with van der Waals surface area (Å²) in [5.41, 5.74) is 10.5. The Morgan fingerprint density at radius 1 is 0.451 bits per heavy atom. The van der Waals surface area contributed by atoms with Gasteiger partial charge in [0.1, 0.15) is 0 Å². The second kappa shape index (κ2) is 10.9. The van der Waals surface area contributed by atoms with E-state index in [9.17, 15) is 0 Å². The molecule has 3 nitrogen and oxygen atoms in total. The number of fused-ring (bicyclic) bond motifs is 11. The quantitative estimate of drug-likeness (QED) is 0.178. The lowest BCUT2D eigenvalue weighted by atomic mass is 9.57. The van der Waals surface area contributed by atoms with Crippen LogP contribution in [0.5, 0.6) is 0 Å². The Labute approximate surface area is 298 Å². The predicted molar refractivity (Wildman–Crippen MR) is 215 cm³/mol. The zero-order chi connectivity index (χ0) is 33.8. The number of nitrogens with zero attached hydrogens (tertiary/aromatic N) is 3. The molecule has 0 N–H and O–H groups in total. The van der Waals surface area contributed by atoms with Crippen molar-refractivity contribution < 1.29 is 0 Å². The summed E-state index contributed by atoms with van der Waals surface area (Å²) in [5, 5.41) is 7.89. The van der Waals surface area contributed by atoms with Crippen LogP contribution in [-0.2, 0) is 6.54 Å². The zero-order valence-electron chi connectivity index (χ0n) is 29.5. The molecule has 3 heteroatoms. The molecule has 0 amide bonds. The van der Waals surface area contributed by atoms with E-state index in [0.717, 1.165) is 24.3 Å². The summed E-state index contributed by atoms with van der Waals surface area (Å²) in [5.74, 6) is 2.47. The van der Waals surface area contributed by atoms with Crippen molar-refractivity contribution in [2.45, 2.75) is 52.5 Å². The van der Waals surface area contributed by atoms with Crippen molar-refractivity contribution in [3.63, 3.8) is 0 Å². The lowest BCUT2D eigenvalue weighted by molar-refractivity contribution is 0.00639. The van der Waals surface area contributed by atoms with Gasteiger partial charge in [0.05, 0.1) is 22.1 Å². The van der Waals surface area contributed by atoms with Gasteiger partial charge in [-0.1, -0.05) is 86.6 Å². The molecular formula is C48H43N3. The van der Waals surface area contributed by atoms with Gasteiger partial charge < -0.3 is 13.7 Å². The van der Waals surface area contributed by atoms with E-state index < -0.39 is 0 Å². The van der Waals surface area contributed by atoms with Crippen LogP contribution in [0.3, 0.4) is 0 Å². The highest BCUT2D eigenvalue weighted by Crippen LogP contribution is 2.54. The molecule has 2 saturated carbocycles. The SMILES string of the molecule is CC1CC2CC(C)CC(Cn3c4ccc(-n5c6ccccc6c6ccccc65)cc4c4cc(-n5c6ccccc6c6ccccc65)ccc43)(C1)C2. The van der Waals surface area contributed by atoms with Gasteiger partial charge in [-0.2, -0.15) is 0 Å². The van der Waals surface area contributed by atoms with Gasteiger partial charge in [-0.25, -0.2) is 0 Å². The van der Waals surface area contributed by atoms with E-state index in [2.05, 4.69) is 161 Å². The minimum atomic E-state index is 0.357. The molecule has 6 aromatic carbocycles. The summed E-state index contributed by atoms with van der Waals surface area (Å²) in [6, 6.07) is 50.0. The summed E-state index contributed by atoms with van der Waals surface area (Å²) in [6.07, 6.45) is 6.87. The van der Waals surface area contributed by atoms with Crippen molar-refractivity contribution in [3.8, 4) is 11.4 Å². The first-order valence-electron chi connectivity index (χ1n) is 19.1. The van der Waals surface area contributed by atoms with Crippen molar-refractivity contribution in [2.24, 2.45) is 23.2 Å². The molecule has 0 spiro atoms. The maximum Gasteiger partial charge on any atom is 0.0541 e. The normalized spacial score (nSPS) is 22.3. The molecule has 9 aromatic rings. The topological polar surface area (TPSA) is 14.8 Å². The van der Waals surface area contributed by atoms with Gasteiger partial charge >= 0.3 is 0 Å². The molecule has 3 heterocycles. The number of aromatic nitrogens is 3. The molecule has 2 aliphatic rings. The second-order valence-electron chi connectivity index (χ2n) is 16.4. The number of rotatable bonds is 4. The fraction of sp³-hybridized carbons (Fsp3) is 0.250. The van der Waals surface area contributed by atoms with Crippen molar-refractivity contribution in [3.05, 3.63) is 133 Å². The third-order valence-corrected chi connectivity index (χ3v) is 12.8. The third-order valence-electron chi connectivity index (χ3n) is 12.8. The van der Waals surface area contributed by atoms with E-state index in [1.807, 2.05) is 0 Å². The number of para-hydroxylation sites is 4. The third kappa shape index (κ3) is 4.37. The summed E-state index contributed by atoms with van der Waals surface area (Å²) in [6.45, 7) is 6.12. The highest BCUT2D eigenvalue weighted by molar-refractivity contribution is 6.13. The van der Waals surface area contributed by atoms with Crippen LogP contribution in [0.4, 0.5) is 0 Å². The fourth-order valence-corrected chi connectivity index (χ4v) is 11.4. The van der Waals surface area contributed by atoms with Gasteiger partial charge in [-0.05, 0) is 116 Å². The highest BCUT2D eigenvalue weighted by Gasteiger charge is 2.44. The zero-order valence-corrected chi connectivity index (χ0v) is 29.5. The van der Waals surface area contributed by atoms with E-state index in [4.69, 9.17) is 0 Å². The summed E-state index contributed by atoms with van der Waals surface area (Å²) >= 11 is 0. The maximum atomic E-state index is 2.73. The standard InChI is InChI=1S/C48H43N3/c1-31-23-33-24-32(2)28-48(27-31,29-33)30-49-42-21-19-34(50-44-15-7-3-11-36(44)37-12-4-8-16-45(37)50)25-40(42)41-26-35(20-22-43(41)49)51-46-17-9-5-13-38(46)39-14-6-10-18-47(39)51/h3-22,25-26,31-33H,23-24,27-30H2,1-2H3. The molecular weight excluding hydrogens is 619 g/mol. The van der Waals surface area contributed by atoms with Gasteiger partial charge in [0.25, 0.3) is 0 Å². The van der Waals surface area contributed by atoms with E-state index in [1.165, 1.54) is 109 Å². The van der Waals surface area contributed by atoms with E-state index in [-0.39, 0.29) is 0 Å². The smallest absolute Gasteiger partial charge is 0.0541 e. The number of hydrogen-bond donors (Lipinski definition) is 0. The molecule has 0 aliphatic heterocycles. The molecule has 51 heavy (non-hydrogen) atoms. The fourth-order valence-electron chi connectivity index (χ4n) is 11.4. The highest BCUT2D eigenvalue weighted by atomic mass is 15.0. The van der Waals surface area contributed by atoms with Crippen LogP contribution in [0.25, 0.3) is 76.8 Å². The van der Waals surface area contributed by atoms with Crippen LogP contribution in [0.2, 0.25) is 0 Å². The molecule has 2 unspecified atom stereocenters. The number of benzene rings is 6. The number of hydrogen-bond acceptors (Lipinski definition) is 0. The minimum Gasteiger partial charge on any atom is -0.340 e. The Balaban J connectivity index is 1.18. The van der Waals surface area contributed by atoms with Crippen LogP contribution >= 0.6 is 0 Å². The van der Waals surface area contributed by atoms with Crippen LogP contribution in [0.1, 0.15) is 46.0 Å². The Kier molecular flexibility index (Phi) is 6.27. The molecule has 0 radical (unpaired) electrons. The van der Waals surface area contributed by atoms with Crippen molar-refractivity contribution in [1.29, 1.82) is 0 Å². The second-order valence-corrected chi connectivity index (χ2v) is 16.4. The largest absolute Gasteiger partial charge is 0.340 e. The van der Waals surface area contributed by atoms with Gasteiger partial charge in [0, 0.05) is 61.3 Å². The maximum absolute atomic E-state index is 2.73. The molecule has 250 valence electrons. The van der Waals surface area contributed by atoms with Gasteiger partial charge in [0.2, 0.25) is 0 Å². The van der Waals surface area contributed by atoms with Crippen molar-refractivity contribution >= 4 is 65.4 Å². The van der Waals surface area contributed by atoms with Gasteiger partial charge in [-0.3, -0.25) is 0 Å².